The van der Waals surface area contributed by atoms with Crippen LogP contribution in [0.5, 0.6) is 0 Å². The average molecular weight is 269 g/mol. The quantitative estimate of drug-likeness (QED) is 0.913. The van der Waals surface area contributed by atoms with E-state index in [2.05, 4.69) is 0 Å². The van der Waals surface area contributed by atoms with Crippen molar-refractivity contribution in [1.82, 2.24) is 4.90 Å². The number of carboxylic acids is 1. The number of carbonyl (C=O) groups is 1. The first-order chi connectivity index (χ1) is 8.91. The lowest BCUT2D eigenvalue weighted by atomic mass is 9.86. The molecule has 0 aliphatic carbocycles. The maximum atomic E-state index is 13.4. The molecule has 0 bridgehead atoms. The van der Waals surface area contributed by atoms with Gasteiger partial charge < -0.3 is 5.11 Å². The van der Waals surface area contributed by atoms with Gasteiger partial charge in [-0.2, -0.15) is 0 Å². The van der Waals surface area contributed by atoms with E-state index in [0.717, 1.165) is 32.0 Å². The molecule has 1 aliphatic heterocycles. The normalized spacial score (nSPS) is 19.3. The van der Waals surface area contributed by atoms with Crippen LogP contribution in [0.4, 0.5) is 8.78 Å². The van der Waals surface area contributed by atoms with Crippen molar-refractivity contribution in [3.05, 3.63) is 35.4 Å². The van der Waals surface area contributed by atoms with Crippen LogP contribution in [0.25, 0.3) is 0 Å². The molecule has 1 heterocycles. The van der Waals surface area contributed by atoms with Crippen molar-refractivity contribution in [2.75, 3.05) is 13.1 Å². The number of rotatable bonds is 4. The van der Waals surface area contributed by atoms with Crippen molar-refractivity contribution < 1.29 is 18.7 Å². The largest absolute Gasteiger partial charge is 0.481 e. The van der Waals surface area contributed by atoms with Crippen molar-refractivity contribution in [2.24, 2.45) is 0 Å². The van der Waals surface area contributed by atoms with E-state index in [9.17, 15) is 13.6 Å². The summed E-state index contributed by atoms with van der Waals surface area (Å²) in [6, 6.07) is 3.25. The van der Waals surface area contributed by atoms with Crippen LogP contribution in [0.1, 0.15) is 31.7 Å². The SMILES string of the molecule is CC(CC(=O)O)(c1cc(F)cc(F)c1)N1CCCC1. The summed E-state index contributed by atoms with van der Waals surface area (Å²) in [5.41, 5.74) is -0.486. The van der Waals surface area contributed by atoms with E-state index >= 15 is 0 Å². The van der Waals surface area contributed by atoms with Crippen LogP contribution in [0, 0.1) is 11.6 Å². The topological polar surface area (TPSA) is 40.5 Å². The fourth-order valence-corrected chi connectivity index (χ4v) is 2.77. The third-order valence-electron chi connectivity index (χ3n) is 3.78. The van der Waals surface area contributed by atoms with Gasteiger partial charge in [0.25, 0.3) is 0 Å². The number of hydrogen-bond acceptors (Lipinski definition) is 2. The molecule has 0 radical (unpaired) electrons. The Labute approximate surface area is 110 Å². The van der Waals surface area contributed by atoms with E-state index in [0.29, 0.717) is 5.56 Å². The lowest BCUT2D eigenvalue weighted by molar-refractivity contribution is -0.140. The number of benzene rings is 1. The van der Waals surface area contributed by atoms with Gasteiger partial charge in [-0.05, 0) is 50.6 Å². The van der Waals surface area contributed by atoms with Crippen molar-refractivity contribution in [1.29, 1.82) is 0 Å². The van der Waals surface area contributed by atoms with Gasteiger partial charge >= 0.3 is 5.97 Å². The highest BCUT2D eigenvalue weighted by Gasteiger charge is 2.38. The molecular weight excluding hydrogens is 252 g/mol. The van der Waals surface area contributed by atoms with E-state index in [-0.39, 0.29) is 6.42 Å². The molecule has 1 fully saturated rings. The van der Waals surface area contributed by atoms with Crippen LogP contribution >= 0.6 is 0 Å². The Bertz CT molecular complexity index is 466. The van der Waals surface area contributed by atoms with Gasteiger partial charge in [0.15, 0.2) is 0 Å². The summed E-state index contributed by atoms with van der Waals surface area (Å²) in [4.78, 5) is 13.1. The van der Waals surface area contributed by atoms with Gasteiger partial charge in [-0.3, -0.25) is 9.69 Å². The minimum absolute atomic E-state index is 0.171. The molecule has 0 saturated carbocycles. The predicted octanol–water partition coefficient (Wildman–Crippen LogP) is 2.75. The van der Waals surface area contributed by atoms with Crippen molar-refractivity contribution in [2.45, 2.75) is 31.7 Å². The van der Waals surface area contributed by atoms with Gasteiger partial charge in [0, 0.05) is 6.07 Å². The molecular formula is C14H17F2NO2. The fourth-order valence-electron chi connectivity index (χ4n) is 2.77. The molecule has 1 aromatic carbocycles. The molecule has 1 aromatic rings. The Morgan fingerprint density at radius 3 is 2.26 bits per heavy atom. The summed E-state index contributed by atoms with van der Waals surface area (Å²) in [5, 5.41) is 9.10. The predicted molar refractivity (Wildman–Crippen MR) is 66.8 cm³/mol. The molecule has 1 aliphatic rings. The Morgan fingerprint density at radius 2 is 1.79 bits per heavy atom. The van der Waals surface area contributed by atoms with Crippen LogP contribution in [0.3, 0.4) is 0 Å². The maximum Gasteiger partial charge on any atom is 0.305 e. The van der Waals surface area contributed by atoms with E-state index < -0.39 is 23.1 Å². The van der Waals surface area contributed by atoms with E-state index in [1.54, 1.807) is 6.92 Å². The first-order valence-corrected chi connectivity index (χ1v) is 6.35. The minimum Gasteiger partial charge on any atom is -0.481 e. The molecule has 0 aromatic heterocycles. The van der Waals surface area contributed by atoms with Gasteiger partial charge in [0.2, 0.25) is 0 Å². The molecule has 2 rings (SSSR count). The highest BCUT2D eigenvalue weighted by atomic mass is 19.1. The molecule has 1 atom stereocenters. The molecule has 0 spiro atoms. The molecule has 1 saturated heterocycles. The molecule has 0 amide bonds. The monoisotopic (exact) mass is 269 g/mol. The van der Waals surface area contributed by atoms with Crippen LogP contribution in [-0.2, 0) is 10.3 Å². The van der Waals surface area contributed by atoms with Crippen LogP contribution in [-0.4, -0.2) is 29.1 Å². The second-order valence-corrected chi connectivity index (χ2v) is 5.20. The first-order valence-electron chi connectivity index (χ1n) is 6.35. The number of carboxylic acid groups (broad SMARTS) is 1. The average Bonchev–Trinajstić information content (AvgIpc) is 2.80. The third kappa shape index (κ3) is 2.92. The summed E-state index contributed by atoms with van der Waals surface area (Å²) in [5.74, 6) is -2.32. The van der Waals surface area contributed by atoms with Crippen LogP contribution in [0.2, 0.25) is 0 Å². The van der Waals surface area contributed by atoms with E-state index in [1.807, 2.05) is 4.90 Å². The summed E-state index contributed by atoms with van der Waals surface area (Å²) >= 11 is 0. The van der Waals surface area contributed by atoms with Crippen LogP contribution in [0.15, 0.2) is 18.2 Å². The van der Waals surface area contributed by atoms with Gasteiger partial charge in [-0.15, -0.1) is 0 Å². The third-order valence-corrected chi connectivity index (χ3v) is 3.78. The zero-order chi connectivity index (χ0) is 14.0. The fraction of sp³-hybridized carbons (Fsp3) is 0.500. The second kappa shape index (κ2) is 5.25. The zero-order valence-electron chi connectivity index (χ0n) is 10.8. The molecule has 3 nitrogen and oxygen atoms in total. The van der Waals surface area contributed by atoms with Crippen LogP contribution < -0.4 is 0 Å². The maximum absolute atomic E-state index is 13.4. The molecule has 1 N–H and O–H groups in total. The number of hydrogen-bond donors (Lipinski definition) is 1. The van der Waals surface area contributed by atoms with Gasteiger partial charge in [-0.1, -0.05) is 0 Å². The van der Waals surface area contributed by atoms with Gasteiger partial charge in [-0.25, -0.2) is 8.78 Å². The standard InChI is InChI=1S/C14H17F2NO2/c1-14(9-13(18)19,17-4-2-3-5-17)10-6-11(15)8-12(16)7-10/h6-8H,2-5,9H2,1H3,(H,18,19). The molecule has 1 unspecified atom stereocenters. The highest BCUT2D eigenvalue weighted by molar-refractivity contribution is 5.69. The summed E-state index contributed by atoms with van der Waals surface area (Å²) in [6.07, 6.45) is 1.79. The Hall–Kier alpha value is -1.49. The van der Waals surface area contributed by atoms with E-state index in [1.165, 1.54) is 12.1 Å². The van der Waals surface area contributed by atoms with E-state index in [4.69, 9.17) is 5.11 Å². The van der Waals surface area contributed by atoms with Crippen molar-refractivity contribution in [3.63, 3.8) is 0 Å². The van der Waals surface area contributed by atoms with Gasteiger partial charge in [0.1, 0.15) is 11.6 Å². The van der Waals surface area contributed by atoms with Gasteiger partial charge in [0.05, 0.1) is 12.0 Å². The summed E-state index contributed by atoms with van der Waals surface area (Å²) < 4.78 is 26.8. The second-order valence-electron chi connectivity index (χ2n) is 5.20. The lowest BCUT2D eigenvalue weighted by Crippen LogP contribution is -2.43. The molecule has 5 heteroatoms. The Kier molecular flexibility index (Phi) is 3.85. The summed E-state index contributed by atoms with van der Waals surface area (Å²) in [7, 11) is 0. The van der Waals surface area contributed by atoms with Crippen molar-refractivity contribution in [3.8, 4) is 0 Å². The lowest BCUT2D eigenvalue weighted by Gasteiger charge is -2.38. The Morgan fingerprint density at radius 1 is 1.26 bits per heavy atom. The summed E-state index contributed by atoms with van der Waals surface area (Å²) in [6.45, 7) is 3.24. The Balaban J connectivity index is 2.43. The molecule has 19 heavy (non-hydrogen) atoms. The number of likely N-dealkylation sites (tertiary alicyclic amines) is 1. The first kappa shape index (κ1) is 13.9. The zero-order valence-corrected chi connectivity index (χ0v) is 10.8. The number of halogens is 2. The number of nitrogens with zero attached hydrogens (tertiary/aromatic N) is 1. The minimum atomic E-state index is -0.973. The van der Waals surface area contributed by atoms with Crippen molar-refractivity contribution >= 4 is 5.97 Å². The molecule has 104 valence electrons. The highest BCUT2D eigenvalue weighted by Crippen LogP contribution is 2.35. The number of aliphatic carboxylic acids is 1. The smallest absolute Gasteiger partial charge is 0.305 e.